The number of nitriles is 1. The molecule has 1 unspecified atom stereocenters. The van der Waals surface area contributed by atoms with E-state index < -0.39 is 0 Å². The molecule has 0 aliphatic carbocycles. The lowest BCUT2D eigenvalue weighted by Crippen LogP contribution is -2.24. The molecule has 1 atom stereocenters. The van der Waals surface area contributed by atoms with Gasteiger partial charge in [-0.1, -0.05) is 6.92 Å². The quantitative estimate of drug-likeness (QED) is 0.926. The number of carbonyl (C=O) groups excluding carboxylic acids is 1. The molecular weight excluding hydrogens is 252 g/mol. The molecule has 0 aliphatic heterocycles. The van der Waals surface area contributed by atoms with Gasteiger partial charge in [0.05, 0.1) is 11.6 Å². The Hall–Kier alpha value is -2.61. The standard InChI is InChI=1S/C15H16N4O/c1-3-14-17-8-9-19(14)11(2)15(20)18-13-6-4-12(10-16)5-7-13/h4-9,11H,3H2,1-2H3,(H,18,20). The highest BCUT2D eigenvalue weighted by Gasteiger charge is 2.17. The molecule has 1 heterocycles. The van der Waals surface area contributed by atoms with Crippen LogP contribution in [0.15, 0.2) is 36.7 Å². The fourth-order valence-corrected chi connectivity index (χ4v) is 1.97. The van der Waals surface area contributed by atoms with Crippen LogP contribution in [0, 0.1) is 11.3 Å². The van der Waals surface area contributed by atoms with Crippen LogP contribution in [0.2, 0.25) is 0 Å². The van der Waals surface area contributed by atoms with E-state index >= 15 is 0 Å². The van der Waals surface area contributed by atoms with Crippen molar-refractivity contribution in [3.05, 3.63) is 48.0 Å². The maximum absolute atomic E-state index is 12.2. The zero-order valence-electron chi connectivity index (χ0n) is 11.5. The molecule has 102 valence electrons. The molecule has 1 amide bonds. The van der Waals surface area contributed by atoms with E-state index in [-0.39, 0.29) is 11.9 Å². The summed E-state index contributed by atoms with van der Waals surface area (Å²) in [4.78, 5) is 16.4. The van der Waals surface area contributed by atoms with Crippen LogP contribution in [0.3, 0.4) is 0 Å². The molecule has 0 bridgehead atoms. The Bertz CT molecular complexity index is 637. The topological polar surface area (TPSA) is 70.7 Å². The molecule has 20 heavy (non-hydrogen) atoms. The minimum Gasteiger partial charge on any atom is -0.324 e. The lowest BCUT2D eigenvalue weighted by atomic mass is 10.2. The molecule has 0 radical (unpaired) electrons. The van der Waals surface area contributed by atoms with E-state index in [0.29, 0.717) is 11.3 Å². The lowest BCUT2D eigenvalue weighted by molar-refractivity contribution is -0.118. The summed E-state index contributed by atoms with van der Waals surface area (Å²) in [5.41, 5.74) is 1.25. The lowest BCUT2D eigenvalue weighted by Gasteiger charge is -2.15. The van der Waals surface area contributed by atoms with E-state index in [0.717, 1.165) is 12.2 Å². The zero-order valence-corrected chi connectivity index (χ0v) is 11.5. The van der Waals surface area contributed by atoms with Gasteiger partial charge in [0, 0.05) is 24.5 Å². The monoisotopic (exact) mass is 268 g/mol. The second kappa shape index (κ2) is 6.02. The number of nitrogens with one attached hydrogen (secondary N) is 1. The van der Waals surface area contributed by atoms with Gasteiger partial charge in [0.1, 0.15) is 11.9 Å². The molecular formula is C15H16N4O. The van der Waals surface area contributed by atoms with Crippen molar-refractivity contribution in [2.24, 2.45) is 0 Å². The van der Waals surface area contributed by atoms with Crippen molar-refractivity contribution >= 4 is 11.6 Å². The highest BCUT2D eigenvalue weighted by molar-refractivity contribution is 5.93. The van der Waals surface area contributed by atoms with Gasteiger partial charge >= 0.3 is 0 Å². The van der Waals surface area contributed by atoms with Crippen molar-refractivity contribution in [1.29, 1.82) is 5.26 Å². The molecule has 5 nitrogen and oxygen atoms in total. The Labute approximate surface area is 117 Å². The van der Waals surface area contributed by atoms with E-state index in [1.54, 1.807) is 30.5 Å². The van der Waals surface area contributed by atoms with Gasteiger partial charge in [0.2, 0.25) is 5.91 Å². The van der Waals surface area contributed by atoms with E-state index in [1.165, 1.54) is 0 Å². The van der Waals surface area contributed by atoms with Gasteiger partial charge in [-0.25, -0.2) is 4.98 Å². The molecule has 0 fully saturated rings. The largest absolute Gasteiger partial charge is 0.324 e. The summed E-state index contributed by atoms with van der Waals surface area (Å²) in [6.45, 7) is 3.84. The Balaban J connectivity index is 2.09. The SMILES string of the molecule is CCc1nccn1C(C)C(=O)Nc1ccc(C#N)cc1. The van der Waals surface area contributed by atoms with Crippen LogP contribution in [0.5, 0.6) is 0 Å². The van der Waals surface area contributed by atoms with Crippen LogP contribution < -0.4 is 5.32 Å². The number of aryl methyl sites for hydroxylation is 1. The second-order valence-corrected chi connectivity index (χ2v) is 4.46. The minimum atomic E-state index is -0.330. The van der Waals surface area contributed by atoms with Crippen molar-refractivity contribution in [2.45, 2.75) is 26.3 Å². The molecule has 2 rings (SSSR count). The van der Waals surface area contributed by atoms with Crippen LogP contribution >= 0.6 is 0 Å². The van der Waals surface area contributed by atoms with Gasteiger partial charge in [-0.3, -0.25) is 4.79 Å². The first kappa shape index (κ1) is 13.8. The average molecular weight is 268 g/mol. The van der Waals surface area contributed by atoms with Gasteiger partial charge in [0.25, 0.3) is 0 Å². The number of nitrogens with zero attached hydrogens (tertiary/aromatic N) is 3. The predicted octanol–water partition coefficient (Wildman–Crippen LogP) is 2.52. The minimum absolute atomic E-state index is 0.109. The fraction of sp³-hybridized carbons (Fsp3) is 0.267. The Morgan fingerprint density at radius 2 is 2.15 bits per heavy atom. The van der Waals surface area contributed by atoms with Crippen molar-refractivity contribution < 1.29 is 4.79 Å². The summed E-state index contributed by atoms with van der Waals surface area (Å²) in [6.07, 6.45) is 4.29. The summed E-state index contributed by atoms with van der Waals surface area (Å²) >= 11 is 0. The summed E-state index contributed by atoms with van der Waals surface area (Å²) < 4.78 is 1.86. The summed E-state index contributed by atoms with van der Waals surface area (Å²) in [7, 11) is 0. The van der Waals surface area contributed by atoms with Crippen LogP contribution in [0.1, 0.15) is 31.3 Å². The average Bonchev–Trinajstić information content (AvgIpc) is 2.95. The summed E-state index contributed by atoms with van der Waals surface area (Å²) in [5.74, 6) is 0.773. The highest BCUT2D eigenvalue weighted by Crippen LogP contribution is 2.14. The van der Waals surface area contributed by atoms with Gasteiger partial charge in [-0.05, 0) is 31.2 Å². The molecule has 2 aromatic rings. The molecule has 0 aliphatic rings. The number of hydrogen-bond donors (Lipinski definition) is 1. The third kappa shape index (κ3) is 2.86. The van der Waals surface area contributed by atoms with E-state index in [9.17, 15) is 4.79 Å². The van der Waals surface area contributed by atoms with Crippen molar-refractivity contribution in [2.75, 3.05) is 5.32 Å². The number of imidazole rings is 1. The molecule has 1 aromatic carbocycles. The number of rotatable bonds is 4. The molecule has 1 N–H and O–H groups in total. The zero-order chi connectivity index (χ0) is 14.5. The Morgan fingerprint density at radius 1 is 1.45 bits per heavy atom. The molecule has 0 saturated heterocycles. The smallest absolute Gasteiger partial charge is 0.247 e. The van der Waals surface area contributed by atoms with E-state index in [2.05, 4.69) is 10.3 Å². The van der Waals surface area contributed by atoms with Gasteiger partial charge in [-0.15, -0.1) is 0 Å². The highest BCUT2D eigenvalue weighted by atomic mass is 16.2. The molecule has 0 saturated carbocycles. The number of amides is 1. The van der Waals surface area contributed by atoms with Crippen molar-refractivity contribution in [1.82, 2.24) is 9.55 Å². The second-order valence-electron chi connectivity index (χ2n) is 4.46. The maximum atomic E-state index is 12.2. The maximum Gasteiger partial charge on any atom is 0.247 e. The van der Waals surface area contributed by atoms with Gasteiger partial charge in [-0.2, -0.15) is 5.26 Å². The fourth-order valence-electron chi connectivity index (χ4n) is 1.97. The number of aromatic nitrogens is 2. The van der Waals surface area contributed by atoms with Crippen LogP contribution in [0.25, 0.3) is 0 Å². The third-order valence-corrected chi connectivity index (χ3v) is 3.14. The van der Waals surface area contributed by atoms with E-state index in [4.69, 9.17) is 5.26 Å². The number of anilines is 1. The number of hydrogen-bond acceptors (Lipinski definition) is 3. The summed E-state index contributed by atoms with van der Waals surface area (Å²) in [5, 5.41) is 11.6. The third-order valence-electron chi connectivity index (χ3n) is 3.14. The molecule has 5 heteroatoms. The predicted molar refractivity (Wildman–Crippen MR) is 76.1 cm³/mol. The van der Waals surface area contributed by atoms with Gasteiger partial charge < -0.3 is 9.88 Å². The first-order chi connectivity index (χ1) is 9.65. The first-order valence-electron chi connectivity index (χ1n) is 6.48. The van der Waals surface area contributed by atoms with Gasteiger partial charge in [0.15, 0.2) is 0 Å². The number of benzene rings is 1. The van der Waals surface area contributed by atoms with Crippen molar-refractivity contribution in [3.8, 4) is 6.07 Å². The normalized spacial score (nSPS) is 11.7. The number of carbonyl (C=O) groups is 1. The Kier molecular flexibility index (Phi) is 4.16. The van der Waals surface area contributed by atoms with E-state index in [1.807, 2.05) is 30.7 Å². The molecule has 0 spiro atoms. The molecule has 1 aromatic heterocycles. The first-order valence-corrected chi connectivity index (χ1v) is 6.48. The summed E-state index contributed by atoms with van der Waals surface area (Å²) in [6, 6.07) is 8.50. The van der Waals surface area contributed by atoms with Crippen LogP contribution in [-0.4, -0.2) is 15.5 Å². The van der Waals surface area contributed by atoms with Crippen molar-refractivity contribution in [3.63, 3.8) is 0 Å². The van der Waals surface area contributed by atoms with Crippen LogP contribution in [-0.2, 0) is 11.2 Å². The Morgan fingerprint density at radius 3 is 2.75 bits per heavy atom. The van der Waals surface area contributed by atoms with Crippen LogP contribution in [0.4, 0.5) is 5.69 Å².